The highest BCUT2D eigenvalue weighted by atomic mass is 16.5. The van der Waals surface area contributed by atoms with Crippen LogP contribution in [0.15, 0.2) is 42.7 Å². The highest BCUT2D eigenvalue weighted by molar-refractivity contribution is 5.92. The van der Waals surface area contributed by atoms with Crippen LogP contribution >= 0.6 is 0 Å². The number of carbonyl (C=O) groups excluding carboxylic acids is 1. The van der Waals surface area contributed by atoms with Crippen LogP contribution in [-0.2, 0) is 0 Å². The van der Waals surface area contributed by atoms with Crippen molar-refractivity contribution in [3.63, 3.8) is 0 Å². The summed E-state index contributed by atoms with van der Waals surface area (Å²) in [6.45, 7) is 7.78. The predicted molar refractivity (Wildman–Crippen MR) is 163 cm³/mol. The van der Waals surface area contributed by atoms with Gasteiger partial charge < -0.3 is 34.4 Å². The van der Waals surface area contributed by atoms with Crippen molar-refractivity contribution in [1.82, 2.24) is 20.2 Å². The topological polar surface area (TPSA) is 121 Å². The number of hydrogen-bond donors (Lipinski definition) is 3. The number of rotatable bonds is 10. The number of fused-ring (bicyclic) bond motifs is 1. The summed E-state index contributed by atoms with van der Waals surface area (Å²) in [5.74, 6) is 3.11. The minimum absolute atomic E-state index is 0.0978. The van der Waals surface area contributed by atoms with Gasteiger partial charge in [-0.3, -0.25) is 5.32 Å². The van der Waals surface area contributed by atoms with Crippen molar-refractivity contribution < 1.29 is 24.1 Å². The van der Waals surface area contributed by atoms with Crippen molar-refractivity contribution in [1.29, 1.82) is 0 Å². The van der Waals surface area contributed by atoms with E-state index < -0.39 is 6.23 Å². The smallest absolute Gasteiger partial charge is 0.321 e. The van der Waals surface area contributed by atoms with Crippen LogP contribution in [0.2, 0.25) is 0 Å². The average Bonchev–Trinajstić information content (AvgIpc) is 3.00. The fourth-order valence-electron chi connectivity index (χ4n) is 5.56. The number of piperazine rings is 1. The first-order valence-corrected chi connectivity index (χ1v) is 14.9. The van der Waals surface area contributed by atoms with E-state index in [2.05, 4.69) is 25.5 Å². The summed E-state index contributed by atoms with van der Waals surface area (Å²) in [7, 11) is 1.63. The molecule has 0 saturated carbocycles. The number of aromatic nitrogens is 2. The Morgan fingerprint density at radius 3 is 2.62 bits per heavy atom. The highest BCUT2D eigenvalue weighted by Crippen LogP contribution is 2.35. The molecule has 5 rings (SSSR count). The Morgan fingerprint density at radius 2 is 1.90 bits per heavy atom. The van der Waals surface area contributed by atoms with E-state index in [1.807, 2.05) is 55.1 Å². The molecule has 42 heavy (non-hydrogen) atoms. The number of nitrogens with one attached hydrogen (secondary N) is 2. The van der Waals surface area contributed by atoms with E-state index in [4.69, 9.17) is 14.2 Å². The van der Waals surface area contributed by atoms with Crippen LogP contribution in [0.25, 0.3) is 10.9 Å². The third-order valence-electron chi connectivity index (χ3n) is 7.77. The zero-order valence-corrected chi connectivity index (χ0v) is 24.7. The van der Waals surface area contributed by atoms with Crippen molar-refractivity contribution in [3.8, 4) is 17.2 Å². The van der Waals surface area contributed by atoms with Gasteiger partial charge in [0.15, 0.2) is 11.5 Å². The first-order valence-electron chi connectivity index (χ1n) is 14.9. The maximum absolute atomic E-state index is 12.9. The van der Waals surface area contributed by atoms with E-state index >= 15 is 0 Å². The lowest BCUT2D eigenvalue weighted by atomic mass is 9.93. The lowest BCUT2D eigenvalue weighted by Gasteiger charge is -2.35. The summed E-state index contributed by atoms with van der Waals surface area (Å²) < 4.78 is 17.5. The maximum atomic E-state index is 12.9. The van der Waals surface area contributed by atoms with E-state index in [0.29, 0.717) is 44.3 Å². The monoisotopic (exact) mass is 578 g/mol. The van der Waals surface area contributed by atoms with Crippen molar-refractivity contribution in [2.75, 3.05) is 56.7 Å². The molecule has 0 radical (unpaired) electrons. The lowest BCUT2D eigenvalue weighted by Crippen LogP contribution is -2.50. The first-order chi connectivity index (χ1) is 20.4. The fourth-order valence-corrected chi connectivity index (χ4v) is 5.56. The molecule has 2 fully saturated rings. The number of aliphatic hydroxyl groups is 1. The molecule has 0 bridgehead atoms. The fraction of sp³-hybridized carbons (Fsp3) is 0.516. The number of benzene rings is 2. The van der Waals surface area contributed by atoms with Gasteiger partial charge in [-0.2, -0.15) is 0 Å². The number of ether oxygens (including phenoxy) is 3. The van der Waals surface area contributed by atoms with Gasteiger partial charge in [-0.05, 0) is 82.3 Å². The van der Waals surface area contributed by atoms with Gasteiger partial charge >= 0.3 is 6.03 Å². The average molecular weight is 579 g/mol. The number of methoxy groups -OCH3 is 1. The van der Waals surface area contributed by atoms with Crippen molar-refractivity contribution in [3.05, 3.63) is 42.7 Å². The van der Waals surface area contributed by atoms with Gasteiger partial charge in [0.1, 0.15) is 24.1 Å². The molecular formula is C31H42N6O5. The second-order valence-corrected chi connectivity index (χ2v) is 11.1. The minimum Gasteiger partial charge on any atom is -0.493 e. The molecule has 2 unspecified atom stereocenters. The number of amides is 2. The van der Waals surface area contributed by atoms with Gasteiger partial charge in [-0.1, -0.05) is 0 Å². The summed E-state index contributed by atoms with van der Waals surface area (Å²) >= 11 is 0. The number of anilines is 2. The van der Waals surface area contributed by atoms with E-state index in [0.717, 1.165) is 60.4 Å². The SMILES string of the molecule is COc1cc2c(N3CCN(C(=O)Nc4ccc(OC(C)C)cc4)CC3)ncnc2cc1OCCCC1CCCNC1O. The van der Waals surface area contributed by atoms with Gasteiger partial charge in [0.05, 0.1) is 25.3 Å². The van der Waals surface area contributed by atoms with Gasteiger partial charge in [-0.25, -0.2) is 14.8 Å². The molecule has 2 atom stereocenters. The van der Waals surface area contributed by atoms with E-state index in [-0.39, 0.29) is 18.1 Å². The first kappa shape index (κ1) is 29.7. The number of urea groups is 1. The molecule has 2 aliphatic rings. The second-order valence-electron chi connectivity index (χ2n) is 11.1. The Hall–Kier alpha value is -3.83. The minimum atomic E-state index is -0.428. The van der Waals surface area contributed by atoms with Crippen LogP contribution in [0.1, 0.15) is 39.5 Å². The van der Waals surface area contributed by atoms with Gasteiger partial charge in [0.25, 0.3) is 0 Å². The number of piperidine rings is 1. The highest BCUT2D eigenvalue weighted by Gasteiger charge is 2.25. The molecule has 2 amide bonds. The number of carbonyl (C=O) groups is 1. The largest absolute Gasteiger partial charge is 0.493 e. The quantitative estimate of drug-likeness (QED) is 0.303. The third-order valence-corrected chi connectivity index (χ3v) is 7.77. The summed E-state index contributed by atoms with van der Waals surface area (Å²) in [5, 5.41) is 17.1. The number of nitrogens with zero attached hydrogens (tertiary/aromatic N) is 4. The summed E-state index contributed by atoms with van der Waals surface area (Å²) in [6, 6.07) is 11.1. The van der Waals surface area contributed by atoms with E-state index in [1.165, 1.54) is 0 Å². The van der Waals surface area contributed by atoms with Gasteiger partial charge in [0, 0.05) is 43.3 Å². The molecule has 1 aromatic heterocycles. The standard InChI is InChI=1S/C31H42N6O5/c1-21(2)42-24-10-8-23(9-11-24)35-31(39)37-15-13-36(14-16-37)29-25-18-27(40-3)28(19-26(25)33-20-34-29)41-17-5-7-22-6-4-12-32-30(22)38/h8-11,18-22,30,32,38H,4-7,12-17H2,1-3H3,(H,35,39). The molecule has 2 aliphatic heterocycles. The molecule has 0 aliphatic carbocycles. The van der Waals surface area contributed by atoms with Crippen LogP contribution in [0.4, 0.5) is 16.3 Å². The molecule has 2 aromatic carbocycles. The van der Waals surface area contributed by atoms with E-state index in [1.54, 1.807) is 13.4 Å². The molecule has 11 heteroatoms. The van der Waals surface area contributed by atoms with Crippen LogP contribution in [0.3, 0.4) is 0 Å². The van der Waals surface area contributed by atoms with Crippen molar-refractivity contribution in [2.45, 2.75) is 51.9 Å². The maximum Gasteiger partial charge on any atom is 0.321 e. The van der Waals surface area contributed by atoms with Crippen molar-refractivity contribution in [2.24, 2.45) is 5.92 Å². The Labute approximate surface area is 247 Å². The lowest BCUT2D eigenvalue weighted by molar-refractivity contribution is 0.0427. The summed E-state index contributed by atoms with van der Waals surface area (Å²) in [5.41, 5.74) is 1.50. The second kappa shape index (κ2) is 13.9. The molecule has 0 spiro atoms. The molecule has 3 N–H and O–H groups in total. The molecule has 3 aromatic rings. The van der Waals surface area contributed by atoms with Gasteiger partial charge in [-0.15, -0.1) is 0 Å². The predicted octanol–water partition coefficient (Wildman–Crippen LogP) is 4.26. The van der Waals surface area contributed by atoms with Crippen LogP contribution < -0.4 is 29.7 Å². The zero-order chi connectivity index (χ0) is 29.5. The summed E-state index contributed by atoms with van der Waals surface area (Å²) in [6.07, 6.45) is 5.11. The molecule has 3 heterocycles. The normalized spacial score (nSPS) is 19.2. The number of hydrogen-bond acceptors (Lipinski definition) is 9. The molecular weight excluding hydrogens is 536 g/mol. The Kier molecular flexibility index (Phi) is 9.81. The van der Waals surface area contributed by atoms with Crippen molar-refractivity contribution >= 4 is 28.4 Å². The van der Waals surface area contributed by atoms with Gasteiger partial charge in [0.2, 0.25) is 0 Å². The Bertz CT molecular complexity index is 1330. The van der Waals surface area contributed by atoms with Crippen LogP contribution in [0.5, 0.6) is 17.2 Å². The molecule has 226 valence electrons. The molecule has 11 nitrogen and oxygen atoms in total. The molecule has 2 saturated heterocycles. The Balaban J connectivity index is 1.18. The zero-order valence-electron chi connectivity index (χ0n) is 24.7. The summed E-state index contributed by atoms with van der Waals surface area (Å²) in [4.78, 5) is 26.0. The van der Waals surface area contributed by atoms with Crippen LogP contribution in [-0.4, -0.2) is 84.8 Å². The Morgan fingerprint density at radius 1 is 1.12 bits per heavy atom. The van der Waals surface area contributed by atoms with Crippen LogP contribution in [0, 0.1) is 5.92 Å². The van der Waals surface area contributed by atoms with E-state index in [9.17, 15) is 9.90 Å². The third kappa shape index (κ3) is 7.32. The number of aliphatic hydroxyl groups excluding tert-OH is 1.